The Morgan fingerprint density at radius 2 is 1.84 bits per heavy atom. The average Bonchev–Trinajstić information content (AvgIpc) is 2.44. The third kappa shape index (κ3) is 4.39. The number of amides is 1. The van der Waals surface area contributed by atoms with Gasteiger partial charge in [0, 0.05) is 5.56 Å². The molecule has 0 bridgehead atoms. The molecule has 19 heavy (non-hydrogen) atoms. The van der Waals surface area contributed by atoms with Gasteiger partial charge in [-0.05, 0) is 25.0 Å². The molecule has 2 unspecified atom stereocenters. The van der Waals surface area contributed by atoms with E-state index in [-0.39, 0.29) is 17.8 Å². The molecule has 1 amide bonds. The Balaban J connectivity index is 2.77. The zero-order valence-electron chi connectivity index (χ0n) is 11.7. The molecule has 1 N–H and O–H groups in total. The number of hydrogen-bond acceptors (Lipinski definition) is 3. The summed E-state index contributed by atoms with van der Waals surface area (Å²) < 4.78 is 5.01. The first-order valence-corrected chi connectivity index (χ1v) is 6.62. The number of benzene rings is 1. The van der Waals surface area contributed by atoms with E-state index in [4.69, 9.17) is 4.74 Å². The minimum Gasteiger partial charge on any atom is -0.464 e. The molecule has 1 aromatic rings. The van der Waals surface area contributed by atoms with Gasteiger partial charge in [-0.25, -0.2) is 4.79 Å². The van der Waals surface area contributed by atoms with Gasteiger partial charge < -0.3 is 10.1 Å². The van der Waals surface area contributed by atoms with E-state index in [0.717, 1.165) is 6.42 Å². The molecule has 104 valence electrons. The highest BCUT2D eigenvalue weighted by molar-refractivity contribution is 5.96. The standard InChI is InChI=1S/C15H21NO3/c1-4-11(3)13(15(18)19-5-2)16-14(17)12-9-7-6-8-10-12/h6-11,13H,4-5H2,1-3H3,(H,16,17). The number of rotatable bonds is 6. The summed E-state index contributed by atoms with van der Waals surface area (Å²) >= 11 is 0. The molecule has 0 spiro atoms. The molecule has 1 rings (SSSR count). The van der Waals surface area contributed by atoms with E-state index in [0.29, 0.717) is 12.2 Å². The maximum Gasteiger partial charge on any atom is 0.328 e. The Morgan fingerprint density at radius 1 is 1.21 bits per heavy atom. The highest BCUT2D eigenvalue weighted by Crippen LogP contribution is 2.11. The molecule has 1 aromatic carbocycles. The van der Waals surface area contributed by atoms with E-state index in [1.807, 2.05) is 19.9 Å². The van der Waals surface area contributed by atoms with E-state index < -0.39 is 6.04 Å². The monoisotopic (exact) mass is 263 g/mol. The van der Waals surface area contributed by atoms with Crippen molar-refractivity contribution in [2.45, 2.75) is 33.2 Å². The summed E-state index contributed by atoms with van der Waals surface area (Å²) in [7, 11) is 0. The van der Waals surface area contributed by atoms with Crippen LogP contribution in [0.1, 0.15) is 37.6 Å². The van der Waals surface area contributed by atoms with Crippen LogP contribution in [0.25, 0.3) is 0 Å². The Morgan fingerprint density at radius 3 is 2.37 bits per heavy atom. The minimum absolute atomic E-state index is 0.0340. The molecule has 0 saturated heterocycles. The van der Waals surface area contributed by atoms with E-state index in [1.54, 1.807) is 31.2 Å². The highest BCUT2D eigenvalue weighted by atomic mass is 16.5. The van der Waals surface area contributed by atoms with Crippen LogP contribution >= 0.6 is 0 Å². The fraction of sp³-hybridized carbons (Fsp3) is 0.467. The van der Waals surface area contributed by atoms with Crippen molar-refractivity contribution in [2.75, 3.05) is 6.61 Å². The Labute approximate surface area is 114 Å². The number of esters is 1. The number of carbonyl (C=O) groups is 2. The highest BCUT2D eigenvalue weighted by Gasteiger charge is 2.27. The molecule has 4 heteroatoms. The van der Waals surface area contributed by atoms with Gasteiger partial charge in [-0.15, -0.1) is 0 Å². The van der Waals surface area contributed by atoms with Crippen LogP contribution in [0.4, 0.5) is 0 Å². The van der Waals surface area contributed by atoms with Crippen molar-refractivity contribution in [1.29, 1.82) is 0 Å². The molecule has 4 nitrogen and oxygen atoms in total. The fourth-order valence-corrected chi connectivity index (χ4v) is 1.72. The maximum absolute atomic E-state index is 12.1. The molecular weight excluding hydrogens is 242 g/mol. The molecule has 0 aliphatic carbocycles. The van der Waals surface area contributed by atoms with Gasteiger partial charge in [-0.2, -0.15) is 0 Å². The third-order valence-corrected chi connectivity index (χ3v) is 3.08. The molecular formula is C15H21NO3. The van der Waals surface area contributed by atoms with Crippen LogP contribution in [0.2, 0.25) is 0 Å². The molecule has 0 aliphatic rings. The van der Waals surface area contributed by atoms with Gasteiger partial charge in [0.1, 0.15) is 6.04 Å². The summed E-state index contributed by atoms with van der Waals surface area (Å²) in [4.78, 5) is 23.9. The van der Waals surface area contributed by atoms with Crippen LogP contribution in [0.5, 0.6) is 0 Å². The summed E-state index contributed by atoms with van der Waals surface area (Å²) in [6.45, 7) is 5.97. The van der Waals surface area contributed by atoms with Crippen molar-refractivity contribution < 1.29 is 14.3 Å². The van der Waals surface area contributed by atoms with Gasteiger partial charge in [-0.3, -0.25) is 4.79 Å². The first-order chi connectivity index (χ1) is 9.10. The van der Waals surface area contributed by atoms with Crippen LogP contribution in [-0.2, 0) is 9.53 Å². The predicted octanol–water partition coefficient (Wildman–Crippen LogP) is 2.39. The van der Waals surface area contributed by atoms with Crippen LogP contribution in [-0.4, -0.2) is 24.5 Å². The van der Waals surface area contributed by atoms with Gasteiger partial charge in [0.2, 0.25) is 0 Å². The van der Waals surface area contributed by atoms with Crippen molar-refractivity contribution in [3.8, 4) is 0 Å². The summed E-state index contributed by atoms with van der Waals surface area (Å²) in [5.74, 6) is -0.591. The normalized spacial score (nSPS) is 13.4. The van der Waals surface area contributed by atoms with Gasteiger partial charge in [0.15, 0.2) is 0 Å². The summed E-state index contributed by atoms with van der Waals surface area (Å²) in [5.41, 5.74) is 0.542. The fourth-order valence-electron chi connectivity index (χ4n) is 1.72. The number of ether oxygens (including phenoxy) is 1. The Kier molecular flexibility index (Phi) is 6.06. The van der Waals surface area contributed by atoms with E-state index in [9.17, 15) is 9.59 Å². The largest absolute Gasteiger partial charge is 0.464 e. The summed E-state index contributed by atoms with van der Waals surface area (Å²) in [6.07, 6.45) is 0.790. The quantitative estimate of drug-likeness (QED) is 0.802. The number of carbonyl (C=O) groups excluding carboxylic acids is 2. The number of nitrogens with one attached hydrogen (secondary N) is 1. The van der Waals surface area contributed by atoms with Gasteiger partial charge in [-0.1, -0.05) is 38.5 Å². The smallest absolute Gasteiger partial charge is 0.328 e. The second-order valence-corrected chi connectivity index (χ2v) is 4.45. The molecule has 0 aromatic heterocycles. The van der Waals surface area contributed by atoms with Crippen molar-refractivity contribution in [3.63, 3.8) is 0 Å². The second-order valence-electron chi connectivity index (χ2n) is 4.45. The van der Waals surface area contributed by atoms with E-state index in [1.165, 1.54) is 0 Å². The summed E-state index contributed by atoms with van der Waals surface area (Å²) in [6, 6.07) is 8.25. The molecule has 0 aliphatic heterocycles. The number of hydrogen-bond donors (Lipinski definition) is 1. The van der Waals surface area contributed by atoms with Gasteiger partial charge in [0.25, 0.3) is 5.91 Å². The zero-order chi connectivity index (χ0) is 14.3. The van der Waals surface area contributed by atoms with Crippen LogP contribution in [0.3, 0.4) is 0 Å². The topological polar surface area (TPSA) is 55.4 Å². The SMILES string of the molecule is CCOC(=O)C(NC(=O)c1ccccc1)C(C)CC. The maximum atomic E-state index is 12.1. The zero-order valence-corrected chi connectivity index (χ0v) is 11.7. The lowest BCUT2D eigenvalue weighted by Gasteiger charge is -2.22. The lowest BCUT2D eigenvalue weighted by molar-refractivity contribution is -0.146. The molecule has 0 saturated carbocycles. The lowest BCUT2D eigenvalue weighted by Crippen LogP contribution is -2.46. The minimum atomic E-state index is -0.599. The van der Waals surface area contributed by atoms with E-state index >= 15 is 0 Å². The molecule has 2 atom stereocenters. The van der Waals surface area contributed by atoms with Crippen LogP contribution in [0, 0.1) is 5.92 Å². The Hall–Kier alpha value is -1.84. The Bertz CT molecular complexity index is 417. The van der Waals surface area contributed by atoms with Crippen molar-refractivity contribution in [1.82, 2.24) is 5.32 Å². The first kappa shape index (κ1) is 15.2. The van der Waals surface area contributed by atoms with Gasteiger partial charge in [0.05, 0.1) is 6.61 Å². The van der Waals surface area contributed by atoms with Crippen molar-refractivity contribution >= 4 is 11.9 Å². The summed E-state index contributed by atoms with van der Waals surface area (Å²) in [5, 5.41) is 2.76. The molecule has 0 radical (unpaired) electrons. The average molecular weight is 263 g/mol. The second kappa shape index (κ2) is 7.56. The predicted molar refractivity (Wildman–Crippen MR) is 73.8 cm³/mol. The van der Waals surface area contributed by atoms with Crippen molar-refractivity contribution in [3.05, 3.63) is 35.9 Å². The molecule has 0 fully saturated rings. The third-order valence-electron chi connectivity index (χ3n) is 3.08. The lowest BCUT2D eigenvalue weighted by atomic mass is 9.99. The van der Waals surface area contributed by atoms with Crippen LogP contribution in [0.15, 0.2) is 30.3 Å². The first-order valence-electron chi connectivity index (χ1n) is 6.62. The van der Waals surface area contributed by atoms with Gasteiger partial charge >= 0.3 is 5.97 Å². The van der Waals surface area contributed by atoms with Crippen molar-refractivity contribution in [2.24, 2.45) is 5.92 Å². The molecule has 0 heterocycles. The van der Waals surface area contributed by atoms with E-state index in [2.05, 4.69) is 5.32 Å². The van der Waals surface area contributed by atoms with Crippen LogP contribution < -0.4 is 5.32 Å².